The first-order chi connectivity index (χ1) is 12.1. The molecule has 3 N–H and O–H groups in total. The third kappa shape index (κ3) is 3.90. The molecule has 1 aromatic carbocycles. The number of rotatable bonds is 4. The topological polar surface area (TPSA) is 81.2 Å². The van der Waals surface area contributed by atoms with Gasteiger partial charge in [0, 0.05) is 38.4 Å². The summed E-state index contributed by atoms with van der Waals surface area (Å²) in [5, 5.41) is 12.8. The number of pyridine rings is 1. The Labute approximate surface area is 148 Å². The number of nitrogens with zero attached hydrogens (tertiary/aromatic N) is 4. The SMILES string of the molecule is Cc1cc(C#N)c(Nc2ccc(CN)cc2)nc1N1CCN(C)CC1. The number of aromatic nitrogens is 1. The van der Waals surface area contributed by atoms with Crippen LogP contribution in [0.25, 0.3) is 0 Å². The van der Waals surface area contributed by atoms with Crippen molar-refractivity contribution in [2.75, 3.05) is 43.4 Å². The molecule has 0 unspecified atom stereocenters. The van der Waals surface area contributed by atoms with Crippen LogP contribution in [0.5, 0.6) is 0 Å². The molecule has 0 spiro atoms. The van der Waals surface area contributed by atoms with Crippen molar-refractivity contribution in [2.45, 2.75) is 13.5 Å². The smallest absolute Gasteiger partial charge is 0.150 e. The number of benzene rings is 1. The first-order valence-electron chi connectivity index (χ1n) is 8.52. The maximum absolute atomic E-state index is 9.47. The fourth-order valence-corrected chi connectivity index (χ4v) is 2.98. The largest absolute Gasteiger partial charge is 0.354 e. The van der Waals surface area contributed by atoms with E-state index in [1.807, 2.05) is 37.3 Å². The van der Waals surface area contributed by atoms with Crippen LogP contribution in [0.15, 0.2) is 30.3 Å². The summed E-state index contributed by atoms with van der Waals surface area (Å²) in [5.74, 6) is 1.55. The van der Waals surface area contributed by atoms with Gasteiger partial charge in [0.05, 0.1) is 5.56 Å². The van der Waals surface area contributed by atoms with Gasteiger partial charge >= 0.3 is 0 Å². The molecule has 1 aliphatic heterocycles. The summed E-state index contributed by atoms with van der Waals surface area (Å²) in [5.41, 5.74) is 9.20. The molecule has 0 amide bonds. The Morgan fingerprint density at radius 2 is 1.88 bits per heavy atom. The highest BCUT2D eigenvalue weighted by molar-refractivity contribution is 5.67. The predicted octanol–water partition coefficient (Wildman–Crippen LogP) is 2.22. The molecule has 1 saturated heterocycles. The average molecular weight is 336 g/mol. The van der Waals surface area contributed by atoms with Crippen LogP contribution in [-0.4, -0.2) is 43.1 Å². The van der Waals surface area contributed by atoms with Gasteiger partial charge in [-0.3, -0.25) is 0 Å². The minimum absolute atomic E-state index is 0.514. The Bertz CT molecular complexity index is 770. The Kier molecular flexibility index (Phi) is 5.17. The van der Waals surface area contributed by atoms with Crippen molar-refractivity contribution in [3.63, 3.8) is 0 Å². The third-order valence-corrected chi connectivity index (χ3v) is 4.56. The number of likely N-dealkylation sites (N-methyl/N-ethyl adjacent to an activating group) is 1. The number of hydrogen-bond acceptors (Lipinski definition) is 6. The van der Waals surface area contributed by atoms with Gasteiger partial charge in [-0.25, -0.2) is 4.98 Å². The van der Waals surface area contributed by atoms with E-state index >= 15 is 0 Å². The fourth-order valence-electron chi connectivity index (χ4n) is 2.98. The van der Waals surface area contributed by atoms with E-state index in [9.17, 15) is 5.26 Å². The van der Waals surface area contributed by atoms with Crippen LogP contribution >= 0.6 is 0 Å². The average Bonchev–Trinajstić information content (AvgIpc) is 2.64. The molecule has 0 radical (unpaired) electrons. The molecule has 1 aromatic heterocycles. The van der Waals surface area contributed by atoms with E-state index in [4.69, 9.17) is 10.7 Å². The molecule has 0 aliphatic carbocycles. The Morgan fingerprint density at radius 3 is 2.48 bits per heavy atom. The second-order valence-corrected chi connectivity index (χ2v) is 6.45. The highest BCUT2D eigenvalue weighted by Crippen LogP contribution is 2.26. The maximum atomic E-state index is 9.47. The van der Waals surface area contributed by atoms with Crippen molar-refractivity contribution in [1.29, 1.82) is 5.26 Å². The third-order valence-electron chi connectivity index (χ3n) is 4.56. The molecule has 2 heterocycles. The van der Waals surface area contributed by atoms with Crippen LogP contribution in [0.3, 0.4) is 0 Å². The number of nitriles is 1. The molecular formula is C19H24N6. The summed E-state index contributed by atoms with van der Waals surface area (Å²) in [7, 11) is 2.13. The summed E-state index contributed by atoms with van der Waals surface area (Å²) in [6.07, 6.45) is 0. The van der Waals surface area contributed by atoms with Gasteiger partial charge in [0.2, 0.25) is 0 Å². The number of aryl methyl sites for hydroxylation is 1. The van der Waals surface area contributed by atoms with E-state index in [1.165, 1.54) is 0 Å². The lowest BCUT2D eigenvalue weighted by Crippen LogP contribution is -2.45. The summed E-state index contributed by atoms with van der Waals surface area (Å²) in [4.78, 5) is 9.38. The second-order valence-electron chi connectivity index (χ2n) is 6.45. The molecule has 25 heavy (non-hydrogen) atoms. The van der Waals surface area contributed by atoms with Gasteiger partial charge in [0.15, 0.2) is 5.82 Å². The lowest BCUT2D eigenvalue weighted by molar-refractivity contribution is 0.312. The number of hydrogen-bond donors (Lipinski definition) is 2. The summed E-state index contributed by atoms with van der Waals surface area (Å²) < 4.78 is 0. The van der Waals surface area contributed by atoms with Crippen molar-refractivity contribution < 1.29 is 0 Å². The number of piperazine rings is 1. The summed E-state index contributed by atoms with van der Waals surface area (Å²) in [6.45, 7) is 6.46. The number of anilines is 3. The first-order valence-corrected chi connectivity index (χ1v) is 8.52. The van der Waals surface area contributed by atoms with Crippen molar-refractivity contribution >= 4 is 17.3 Å². The Morgan fingerprint density at radius 1 is 1.20 bits per heavy atom. The van der Waals surface area contributed by atoms with Crippen LogP contribution in [-0.2, 0) is 6.54 Å². The quantitative estimate of drug-likeness (QED) is 0.891. The monoisotopic (exact) mass is 336 g/mol. The molecule has 0 bridgehead atoms. The van der Waals surface area contributed by atoms with Crippen LogP contribution in [0.2, 0.25) is 0 Å². The van der Waals surface area contributed by atoms with Gasteiger partial charge in [-0.05, 0) is 43.3 Å². The predicted molar refractivity (Wildman–Crippen MR) is 101 cm³/mol. The molecule has 6 nitrogen and oxygen atoms in total. The van der Waals surface area contributed by atoms with Crippen LogP contribution in [0.4, 0.5) is 17.3 Å². The zero-order valence-electron chi connectivity index (χ0n) is 14.8. The van der Waals surface area contributed by atoms with E-state index in [0.717, 1.165) is 48.8 Å². The zero-order chi connectivity index (χ0) is 17.8. The highest BCUT2D eigenvalue weighted by Gasteiger charge is 2.19. The van der Waals surface area contributed by atoms with E-state index in [2.05, 4.69) is 28.2 Å². The van der Waals surface area contributed by atoms with Crippen molar-refractivity contribution in [2.24, 2.45) is 5.73 Å². The molecule has 6 heteroatoms. The van der Waals surface area contributed by atoms with Crippen molar-refractivity contribution in [3.05, 3.63) is 47.0 Å². The van der Waals surface area contributed by atoms with E-state index in [1.54, 1.807) is 0 Å². The normalized spacial score (nSPS) is 15.0. The van der Waals surface area contributed by atoms with Gasteiger partial charge in [0.25, 0.3) is 0 Å². The fraction of sp³-hybridized carbons (Fsp3) is 0.368. The standard InChI is InChI=1S/C19H24N6/c1-14-11-16(13-21)18(22-17-5-3-15(12-20)4-6-17)23-19(14)25-9-7-24(2)8-10-25/h3-6,11H,7-10,12,20H2,1-2H3,(H,22,23). The van der Waals surface area contributed by atoms with Crippen molar-refractivity contribution in [1.82, 2.24) is 9.88 Å². The molecule has 1 fully saturated rings. The van der Waals surface area contributed by atoms with E-state index in [0.29, 0.717) is 17.9 Å². The molecule has 130 valence electrons. The van der Waals surface area contributed by atoms with Crippen molar-refractivity contribution in [3.8, 4) is 6.07 Å². The molecular weight excluding hydrogens is 312 g/mol. The second kappa shape index (κ2) is 7.51. The van der Waals surface area contributed by atoms with Crippen LogP contribution in [0, 0.1) is 18.3 Å². The van der Waals surface area contributed by atoms with E-state index in [-0.39, 0.29) is 0 Å². The Hall–Kier alpha value is -2.62. The summed E-state index contributed by atoms with van der Waals surface area (Å²) in [6, 6.07) is 12.0. The van der Waals surface area contributed by atoms with Crippen LogP contribution in [0.1, 0.15) is 16.7 Å². The number of nitrogens with two attached hydrogens (primary N) is 1. The zero-order valence-corrected chi connectivity index (χ0v) is 14.8. The van der Waals surface area contributed by atoms with Gasteiger partial charge in [-0.2, -0.15) is 5.26 Å². The van der Waals surface area contributed by atoms with Gasteiger partial charge in [-0.15, -0.1) is 0 Å². The molecule has 0 atom stereocenters. The molecule has 2 aromatic rings. The molecule has 3 rings (SSSR count). The number of nitrogens with one attached hydrogen (secondary N) is 1. The minimum atomic E-state index is 0.514. The lowest BCUT2D eigenvalue weighted by Gasteiger charge is -2.34. The highest BCUT2D eigenvalue weighted by atomic mass is 15.3. The molecule has 0 saturated carbocycles. The summed E-state index contributed by atoms with van der Waals surface area (Å²) >= 11 is 0. The van der Waals surface area contributed by atoms with Crippen LogP contribution < -0.4 is 16.0 Å². The minimum Gasteiger partial charge on any atom is -0.354 e. The lowest BCUT2D eigenvalue weighted by atomic mass is 10.1. The van der Waals surface area contributed by atoms with Gasteiger partial charge < -0.3 is 20.9 Å². The van der Waals surface area contributed by atoms with Gasteiger partial charge in [0.1, 0.15) is 11.9 Å². The molecule has 1 aliphatic rings. The van der Waals surface area contributed by atoms with Gasteiger partial charge in [-0.1, -0.05) is 12.1 Å². The first kappa shape index (κ1) is 17.2. The van der Waals surface area contributed by atoms with E-state index < -0.39 is 0 Å². The Balaban J connectivity index is 1.89. The maximum Gasteiger partial charge on any atom is 0.150 e.